The average molecular weight is 763 g/mol. The Bertz CT molecular complexity index is 1770. The Morgan fingerprint density at radius 3 is 2.29 bits per heavy atom. The largest absolute Gasteiger partial charge is 0.495 e. The van der Waals surface area contributed by atoms with E-state index in [1.165, 1.54) is 55.6 Å². The average Bonchev–Trinajstić information content (AvgIpc) is 3.41. The topological polar surface area (TPSA) is 128 Å². The van der Waals surface area contributed by atoms with Gasteiger partial charge in [0.05, 0.1) is 68.5 Å². The minimum Gasteiger partial charge on any atom is -0.495 e. The van der Waals surface area contributed by atoms with Gasteiger partial charge in [0.2, 0.25) is 5.91 Å². The molecule has 4 atom stereocenters. The van der Waals surface area contributed by atoms with E-state index in [1.54, 1.807) is 7.11 Å². The van der Waals surface area contributed by atoms with Crippen molar-refractivity contribution in [3.63, 3.8) is 0 Å². The SMILES string of the molecule is COCCOCCOCCOC(=O)c1ccc(NC(=O)[C@@H]2N[C@@H](CC(C)(C)C)[C@](C#N)(c3ccc(Cl)cc3F)[C@H]2c2cccc(Cl)c2F)c(OC)c1. The Kier molecular flexibility index (Phi) is 14.4. The molecule has 0 unspecified atom stereocenters. The van der Waals surface area contributed by atoms with Crippen molar-refractivity contribution in [3.8, 4) is 11.8 Å². The van der Waals surface area contributed by atoms with Crippen molar-refractivity contribution >= 4 is 40.8 Å². The third kappa shape index (κ3) is 9.58. The third-order valence-corrected chi connectivity index (χ3v) is 9.22. The number of amides is 1. The smallest absolute Gasteiger partial charge is 0.338 e. The molecular weight excluding hydrogens is 719 g/mol. The van der Waals surface area contributed by atoms with Crippen LogP contribution >= 0.6 is 23.2 Å². The molecule has 3 aromatic carbocycles. The number of anilines is 1. The van der Waals surface area contributed by atoms with Crippen LogP contribution in [0.25, 0.3) is 0 Å². The number of esters is 1. The molecule has 1 saturated heterocycles. The predicted octanol–water partition coefficient (Wildman–Crippen LogP) is 7.08. The molecule has 1 heterocycles. The van der Waals surface area contributed by atoms with Crippen molar-refractivity contribution in [1.29, 1.82) is 5.26 Å². The van der Waals surface area contributed by atoms with Crippen LogP contribution in [-0.4, -0.2) is 77.8 Å². The predicted molar refractivity (Wildman–Crippen MR) is 193 cm³/mol. The molecule has 0 aromatic heterocycles. The standard InChI is InChI=1S/C38H43Cl2F2N3O7/c1-37(2,3)21-31-38(22-43,26-11-10-24(39)20-28(26)41)32(25-7-6-8-27(40)33(25)42)34(45-31)35(46)44-29-12-9-23(19-30(29)49-5)36(47)52-18-17-51-16-15-50-14-13-48-4/h6-12,19-20,31-32,34,45H,13-18,21H2,1-5H3,(H,44,46)/t31-,32-,34+,38-/m0/s1. The molecular formula is C38H43Cl2F2N3O7. The number of hydrogen-bond acceptors (Lipinski definition) is 9. The lowest BCUT2D eigenvalue weighted by Gasteiger charge is -2.37. The summed E-state index contributed by atoms with van der Waals surface area (Å²) in [5.41, 5.74) is -1.95. The normalized spacial score (nSPS) is 20.0. The number of nitrogens with zero attached hydrogens (tertiary/aromatic N) is 1. The maximum Gasteiger partial charge on any atom is 0.338 e. The fourth-order valence-electron chi connectivity index (χ4n) is 6.43. The highest BCUT2D eigenvalue weighted by Crippen LogP contribution is 2.53. The minimum atomic E-state index is -1.80. The number of carbonyl (C=O) groups excluding carboxylic acids is 2. The molecule has 52 heavy (non-hydrogen) atoms. The van der Waals surface area contributed by atoms with Crippen LogP contribution in [0.5, 0.6) is 5.75 Å². The second kappa shape index (κ2) is 18.3. The fourth-order valence-corrected chi connectivity index (χ4v) is 6.77. The van der Waals surface area contributed by atoms with Crippen LogP contribution in [0.3, 0.4) is 0 Å². The molecule has 0 bridgehead atoms. The van der Waals surface area contributed by atoms with E-state index in [4.69, 9.17) is 46.9 Å². The van der Waals surface area contributed by atoms with E-state index in [-0.39, 0.29) is 51.4 Å². The van der Waals surface area contributed by atoms with E-state index in [0.29, 0.717) is 32.8 Å². The second-order valence-corrected chi connectivity index (χ2v) is 14.3. The number of ether oxygens (including phenoxy) is 5. The Hall–Kier alpha value is -3.83. The Balaban J connectivity index is 1.63. The molecule has 1 amide bonds. The van der Waals surface area contributed by atoms with Gasteiger partial charge in [-0.15, -0.1) is 0 Å². The highest BCUT2D eigenvalue weighted by molar-refractivity contribution is 6.31. The zero-order valence-corrected chi connectivity index (χ0v) is 31.2. The van der Waals surface area contributed by atoms with Crippen molar-refractivity contribution < 1.29 is 42.1 Å². The lowest BCUT2D eigenvalue weighted by Crippen LogP contribution is -2.45. The third-order valence-electron chi connectivity index (χ3n) is 8.69. The maximum atomic E-state index is 16.0. The van der Waals surface area contributed by atoms with Gasteiger partial charge in [-0.25, -0.2) is 13.6 Å². The second-order valence-electron chi connectivity index (χ2n) is 13.4. The number of carbonyl (C=O) groups is 2. The maximum absolute atomic E-state index is 16.0. The van der Waals surface area contributed by atoms with Gasteiger partial charge in [-0.2, -0.15) is 5.26 Å². The number of methoxy groups -OCH3 is 2. The van der Waals surface area contributed by atoms with E-state index < -0.39 is 52.3 Å². The number of halogens is 4. The molecule has 0 aliphatic carbocycles. The summed E-state index contributed by atoms with van der Waals surface area (Å²) in [5.74, 6) is -4.03. The first-order chi connectivity index (χ1) is 24.8. The Morgan fingerprint density at radius 1 is 0.962 bits per heavy atom. The van der Waals surface area contributed by atoms with Gasteiger partial charge in [0, 0.05) is 29.7 Å². The monoisotopic (exact) mass is 761 g/mol. The summed E-state index contributed by atoms with van der Waals surface area (Å²) >= 11 is 12.4. The van der Waals surface area contributed by atoms with Gasteiger partial charge in [0.15, 0.2) is 0 Å². The quantitative estimate of drug-likeness (QED) is 0.116. The molecule has 0 radical (unpaired) electrons. The number of hydrogen-bond donors (Lipinski definition) is 2. The molecule has 2 N–H and O–H groups in total. The molecule has 1 fully saturated rings. The van der Waals surface area contributed by atoms with Crippen molar-refractivity contribution in [2.24, 2.45) is 5.41 Å². The zero-order chi connectivity index (χ0) is 38.1. The highest BCUT2D eigenvalue weighted by Gasteiger charge is 2.61. The van der Waals surface area contributed by atoms with Crippen LogP contribution < -0.4 is 15.4 Å². The summed E-state index contributed by atoms with van der Waals surface area (Å²) in [4.78, 5) is 27.1. The van der Waals surface area contributed by atoms with E-state index in [0.717, 1.165) is 6.07 Å². The van der Waals surface area contributed by atoms with E-state index in [1.807, 2.05) is 20.8 Å². The molecule has 3 aromatic rings. The molecule has 0 saturated carbocycles. The van der Waals surface area contributed by atoms with Crippen LogP contribution in [-0.2, 0) is 29.2 Å². The van der Waals surface area contributed by atoms with Gasteiger partial charge < -0.3 is 34.3 Å². The first kappa shape index (κ1) is 40.9. The number of benzene rings is 3. The van der Waals surface area contributed by atoms with Crippen LogP contribution in [0.15, 0.2) is 54.6 Å². The number of nitriles is 1. The molecule has 4 rings (SSSR count). The van der Waals surface area contributed by atoms with Gasteiger partial charge in [-0.05, 0) is 53.8 Å². The van der Waals surface area contributed by atoms with E-state index in [9.17, 15) is 14.9 Å². The summed E-state index contributed by atoms with van der Waals surface area (Å²) in [6.07, 6.45) is 0.304. The van der Waals surface area contributed by atoms with E-state index >= 15 is 8.78 Å². The van der Waals surface area contributed by atoms with Crippen LogP contribution in [0.2, 0.25) is 10.0 Å². The fraction of sp³-hybridized carbons (Fsp3) is 0.447. The number of rotatable bonds is 16. The molecule has 14 heteroatoms. The Morgan fingerprint density at radius 2 is 1.65 bits per heavy atom. The van der Waals surface area contributed by atoms with E-state index in [2.05, 4.69) is 16.7 Å². The lowest BCUT2D eigenvalue weighted by molar-refractivity contribution is -0.118. The molecule has 10 nitrogen and oxygen atoms in total. The lowest BCUT2D eigenvalue weighted by atomic mass is 9.62. The summed E-state index contributed by atoms with van der Waals surface area (Å²) in [5, 5.41) is 17.0. The molecule has 280 valence electrons. The van der Waals surface area contributed by atoms with Crippen molar-refractivity contribution in [2.45, 2.75) is 50.6 Å². The number of nitrogens with one attached hydrogen (secondary N) is 2. The first-order valence-corrected chi connectivity index (χ1v) is 17.4. The van der Waals surface area contributed by atoms with Crippen molar-refractivity contribution in [1.82, 2.24) is 5.32 Å². The summed E-state index contributed by atoms with van der Waals surface area (Å²) < 4.78 is 58.4. The van der Waals surface area contributed by atoms with Gasteiger partial charge in [-0.3, -0.25) is 4.79 Å². The van der Waals surface area contributed by atoms with Crippen LogP contribution in [0, 0.1) is 28.4 Å². The molecule has 1 aliphatic heterocycles. The summed E-state index contributed by atoms with van der Waals surface area (Å²) in [6.45, 7) is 7.63. The van der Waals surface area contributed by atoms with Crippen molar-refractivity contribution in [3.05, 3.63) is 93.0 Å². The van der Waals surface area contributed by atoms with Gasteiger partial charge >= 0.3 is 5.97 Å². The highest BCUT2D eigenvalue weighted by atomic mass is 35.5. The van der Waals surface area contributed by atoms with Crippen molar-refractivity contribution in [2.75, 3.05) is 59.2 Å². The van der Waals surface area contributed by atoms with Crippen LogP contribution in [0.1, 0.15) is 54.6 Å². The Labute approximate surface area is 312 Å². The zero-order valence-electron chi connectivity index (χ0n) is 29.7. The first-order valence-electron chi connectivity index (χ1n) is 16.6. The van der Waals surface area contributed by atoms with Crippen LogP contribution in [0.4, 0.5) is 14.5 Å². The minimum absolute atomic E-state index is 0.00288. The summed E-state index contributed by atoms with van der Waals surface area (Å²) in [6, 6.07) is 12.8. The molecule has 0 spiro atoms. The van der Waals surface area contributed by atoms with Gasteiger partial charge in [0.1, 0.15) is 29.4 Å². The molecule has 1 aliphatic rings. The van der Waals surface area contributed by atoms with Gasteiger partial charge in [-0.1, -0.05) is 62.2 Å². The summed E-state index contributed by atoms with van der Waals surface area (Å²) in [7, 11) is 2.95. The van der Waals surface area contributed by atoms with Gasteiger partial charge in [0.25, 0.3) is 0 Å².